The molecule has 114 valence electrons. The first-order chi connectivity index (χ1) is 10.8. The van der Waals surface area contributed by atoms with Crippen LogP contribution in [0.5, 0.6) is 0 Å². The highest BCUT2D eigenvalue weighted by molar-refractivity contribution is 7.11. The first-order valence-electron chi connectivity index (χ1n) is 7.85. The Morgan fingerprint density at radius 3 is 2.82 bits per heavy atom. The first-order valence-corrected chi connectivity index (χ1v) is 8.66. The number of allylic oxidation sites excluding steroid dienone is 1. The van der Waals surface area contributed by atoms with Crippen LogP contribution in [0.1, 0.15) is 33.9 Å². The predicted molar refractivity (Wildman–Crippen MR) is 89.7 cm³/mol. The molecule has 2 aromatic rings. The third kappa shape index (κ3) is 2.41. The molecule has 0 radical (unpaired) electrons. The van der Waals surface area contributed by atoms with Crippen molar-refractivity contribution in [3.63, 3.8) is 0 Å². The van der Waals surface area contributed by atoms with E-state index in [0.29, 0.717) is 0 Å². The fraction of sp³-hybridized carbons (Fsp3) is 0.389. The average Bonchev–Trinajstić information content (AvgIpc) is 3.16. The third-order valence-corrected chi connectivity index (χ3v) is 5.91. The van der Waals surface area contributed by atoms with E-state index in [1.54, 1.807) is 17.5 Å². The van der Waals surface area contributed by atoms with Crippen molar-refractivity contribution in [2.75, 3.05) is 13.1 Å². The van der Waals surface area contributed by atoms with Crippen molar-refractivity contribution < 1.29 is 5.11 Å². The molecule has 4 heteroatoms. The summed E-state index contributed by atoms with van der Waals surface area (Å²) >= 11 is 1.62. The van der Waals surface area contributed by atoms with Crippen LogP contribution in [0.2, 0.25) is 0 Å². The van der Waals surface area contributed by atoms with E-state index in [9.17, 15) is 0 Å². The van der Waals surface area contributed by atoms with Gasteiger partial charge in [0, 0.05) is 11.6 Å². The lowest BCUT2D eigenvalue weighted by atomic mass is 9.74. The lowest BCUT2D eigenvalue weighted by Gasteiger charge is -2.39. The highest BCUT2D eigenvalue weighted by atomic mass is 32.1. The van der Waals surface area contributed by atoms with Crippen molar-refractivity contribution in [3.05, 3.63) is 57.6 Å². The molecular weight excluding hydrogens is 292 g/mol. The van der Waals surface area contributed by atoms with Gasteiger partial charge >= 0.3 is 0 Å². The van der Waals surface area contributed by atoms with Crippen LogP contribution in [0.3, 0.4) is 0 Å². The summed E-state index contributed by atoms with van der Waals surface area (Å²) in [5.41, 5.74) is 3.15. The number of thiazole rings is 1. The molecule has 1 N–H and O–H groups in total. The molecule has 22 heavy (non-hydrogen) atoms. The van der Waals surface area contributed by atoms with Crippen LogP contribution in [0.15, 0.2) is 36.5 Å². The molecule has 2 heterocycles. The molecule has 1 aromatic heterocycles. The van der Waals surface area contributed by atoms with Gasteiger partial charge in [0.2, 0.25) is 0 Å². The normalized spacial score (nSPS) is 19.7. The standard InChI is InChI=1S/C18H20N2OS/c21-13-15-11-19-17(22-15)12-20-9-7-18(8-10-20)6-5-14-3-1-2-4-16(14)18/h1-6,11,21H,7-10,12-13H2. The smallest absolute Gasteiger partial charge is 0.107 e. The molecule has 1 saturated heterocycles. The maximum Gasteiger partial charge on any atom is 0.107 e. The molecule has 4 rings (SSSR count). The molecule has 0 amide bonds. The SMILES string of the molecule is OCc1cnc(CN2CCC3(C=Cc4ccccc43)CC2)s1. The number of hydrogen-bond acceptors (Lipinski definition) is 4. The lowest BCUT2D eigenvalue weighted by Crippen LogP contribution is -2.40. The molecule has 0 unspecified atom stereocenters. The van der Waals surface area contributed by atoms with E-state index in [1.165, 1.54) is 24.0 Å². The molecule has 1 aromatic carbocycles. The molecule has 0 atom stereocenters. The maximum absolute atomic E-state index is 9.14. The van der Waals surface area contributed by atoms with Gasteiger partial charge in [0.15, 0.2) is 0 Å². The van der Waals surface area contributed by atoms with Gasteiger partial charge in [-0.25, -0.2) is 4.98 Å². The van der Waals surface area contributed by atoms with Crippen LogP contribution in [0.4, 0.5) is 0 Å². The quantitative estimate of drug-likeness (QED) is 0.945. The topological polar surface area (TPSA) is 36.4 Å². The van der Waals surface area contributed by atoms with Crippen LogP contribution < -0.4 is 0 Å². The molecule has 1 aliphatic heterocycles. The minimum absolute atomic E-state index is 0.0996. The maximum atomic E-state index is 9.14. The minimum atomic E-state index is 0.0996. The molecule has 1 aliphatic carbocycles. The second kappa shape index (κ2) is 5.61. The molecule has 0 bridgehead atoms. The molecule has 3 nitrogen and oxygen atoms in total. The van der Waals surface area contributed by atoms with E-state index >= 15 is 0 Å². The summed E-state index contributed by atoms with van der Waals surface area (Å²) in [6.07, 6.45) is 8.86. The van der Waals surface area contributed by atoms with Crippen LogP contribution in [0.25, 0.3) is 6.08 Å². The molecular formula is C18H20N2OS. The van der Waals surface area contributed by atoms with E-state index < -0.39 is 0 Å². The van der Waals surface area contributed by atoms with Gasteiger partial charge in [-0.3, -0.25) is 4.90 Å². The van der Waals surface area contributed by atoms with Gasteiger partial charge in [0.1, 0.15) is 5.01 Å². The fourth-order valence-corrected chi connectivity index (χ4v) is 4.49. The number of fused-ring (bicyclic) bond motifs is 2. The summed E-state index contributed by atoms with van der Waals surface area (Å²) in [4.78, 5) is 7.85. The van der Waals surface area contributed by atoms with Gasteiger partial charge in [-0.1, -0.05) is 36.4 Å². The molecule has 1 fully saturated rings. The largest absolute Gasteiger partial charge is 0.391 e. The zero-order valence-corrected chi connectivity index (χ0v) is 13.4. The van der Waals surface area contributed by atoms with Crippen LogP contribution >= 0.6 is 11.3 Å². The highest BCUT2D eigenvalue weighted by Gasteiger charge is 2.37. The van der Waals surface area contributed by atoms with Gasteiger partial charge in [0.05, 0.1) is 18.0 Å². The number of aromatic nitrogens is 1. The monoisotopic (exact) mass is 312 g/mol. The number of nitrogens with zero attached hydrogens (tertiary/aromatic N) is 2. The number of rotatable bonds is 3. The van der Waals surface area contributed by atoms with E-state index in [0.717, 1.165) is 29.5 Å². The van der Waals surface area contributed by atoms with E-state index in [4.69, 9.17) is 5.11 Å². The van der Waals surface area contributed by atoms with Crippen molar-refractivity contribution in [2.45, 2.75) is 31.4 Å². The Labute approximate surface area is 134 Å². The van der Waals surface area contributed by atoms with Gasteiger partial charge in [-0.2, -0.15) is 0 Å². The number of aliphatic hydroxyl groups excluding tert-OH is 1. The first kappa shape index (κ1) is 14.1. The lowest BCUT2D eigenvalue weighted by molar-refractivity contribution is 0.177. The Kier molecular flexibility index (Phi) is 3.60. The third-order valence-electron chi connectivity index (χ3n) is 4.94. The Balaban J connectivity index is 1.44. The average molecular weight is 312 g/mol. The summed E-state index contributed by atoms with van der Waals surface area (Å²) < 4.78 is 0. The molecule has 1 spiro atoms. The number of hydrogen-bond donors (Lipinski definition) is 1. The number of aliphatic hydroxyl groups is 1. The van der Waals surface area contributed by atoms with Gasteiger partial charge < -0.3 is 5.11 Å². The zero-order chi connectivity index (χ0) is 15.0. The Morgan fingerprint density at radius 2 is 2.05 bits per heavy atom. The minimum Gasteiger partial charge on any atom is -0.391 e. The summed E-state index contributed by atoms with van der Waals surface area (Å²) in [5.74, 6) is 0. The van der Waals surface area contributed by atoms with Crippen molar-refractivity contribution >= 4 is 17.4 Å². The van der Waals surface area contributed by atoms with Crippen molar-refractivity contribution in [2.24, 2.45) is 0 Å². The molecule has 0 saturated carbocycles. The highest BCUT2D eigenvalue weighted by Crippen LogP contribution is 2.43. The van der Waals surface area contributed by atoms with Gasteiger partial charge in [0.25, 0.3) is 0 Å². The summed E-state index contributed by atoms with van der Waals surface area (Å²) in [6, 6.07) is 8.79. The van der Waals surface area contributed by atoms with Crippen molar-refractivity contribution in [1.82, 2.24) is 9.88 Å². The number of benzene rings is 1. The molecule has 2 aliphatic rings. The summed E-state index contributed by atoms with van der Waals surface area (Å²) in [7, 11) is 0. The summed E-state index contributed by atoms with van der Waals surface area (Å²) in [6.45, 7) is 3.22. The van der Waals surface area contributed by atoms with Gasteiger partial charge in [-0.05, 0) is 37.1 Å². The van der Waals surface area contributed by atoms with Crippen LogP contribution in [-0.4, -0.2) is 28.1 Å². The predicted octanol–water partition coefficient (Wildman–Crippen LogP) is 3.20. The Bertz CT molecular complexity index is 699. The second-order valence-corrected chi connectivity index (χ2v) is 7.43. The Morgan fingerprint density at radius 1 is 1.23 bits per heavy atom. The van der Waals surface area contributed by atoms with Crippen molar-refractivity contribution in [1.29, 1.82) is 0 Å². The van der Waals surface area contributed by atoms with E-state index in [2.05, 4.69) is 46.3 Å². The number of likely N-dealkylation sites (tertiary alicyclic amines) is 1. The van der Waals surface area contributed by atoms with E-state index in [1.807, 2.05) is 0 Å². The summed E-state index contributed by atoms with van der Waals surface area (Å²) in [5, 5.41) is 10.3. The van der Waals surface area contributed by atoms with Gasteiger partial charge in [-0.15, -0.1) is 11.3 Å². The second-order valence-electron chi connectivity index (χ2n) is 6.23. The van der Waals surface area contributed by atoms with E-state index in [-0.39, 0.29) is 12.0 Å². The Hall–Kier alpha value is -1.49. The fourth-order valence-electron chi connectivity index (χ4n) is 3.67. The zero-order valence-electron chi connectivity index (χ0n) is 12.5. The van der Waals surface area contributed by atoms with Crippen LogP contribution in [-0.2, 0) is 18.6 Å². The van der Waals surface area contributed by atoms with Crippen LogP contribution in [0, 0.1) is 0 Å². The number of piperidine rings is 1. The van der Waals surface area contributed by atoms with Crippen molar-refractivity contribution in [3.8, 4) is 0 Å².